The molecule has 0 aliphatic carbocycles. The number of anilines is 2. The van der Waals surface area contributed by atoms with Gasteiger partial charge in [-0.1, -0.05) is 44.9 Å². The van der Waals surface area contributed by atoms with Gasteiger partial charge >= 0.3 is 6.15 Å². The lowest BCUT2D eigenvalue weighted by Crippen LogP contribution is -2.23. The summed E-state index contributed by atoms with van der Waals surface area (Å²) in [7, 11) is 1.71. The summed E-state index contributed by atoms with van der Waals surface area (Å²) >= 11 is 1.88. The van der Waals surface area contributed by atoms with E-state index in [-0.39, 0.29) is 6.15 Å². The van der Waals surface area contributed by atoms with Crippen molar-refractivity contribution >= 4 is 29.7 Å². The maximum absolute atomic E-state index is 8.12. The van der Waals surface area contributed by atoms with Gasteiger partial charge in [0.05, 0.1) is 12.8 Å². The summed E-state index contributed by atoms with van der Waals surface area (Å²) < 4.78 is 5.55. The summed E-state index contributed by atoms with van der Waals surface area (Å²) in [6.07, 6.45) is 8.58. The van der Waals surface area contributed by atoms with Crippen LogP contribution in [-0.2, 0) is 22.4 Å². The fraction of sp³-hybridized carbons (Fsp3) is 0.522. The number of unbranched alkanes of at least 4 members (excludes halogenated alkanes) is 1. The second-order valence-electron chi connectivity index (χ2n) is 7.05. The number of aryl methyl sites for hydroxylation is 1. The highest BCUT2D eigenvalue weighted by atomic mass is 32.2. The minimum absolute atomic E-state index is 0.250. The van der Waals surface area contributed by atoms with Crippen LogP contribution >= 0.6 is 11.8 Å². The molecule has 8 heteroatoms. The molecule has 0 spiro atoms. The van der Waals surface area contributed by atoms with Gasteiger partial charge in [-0.2, -0.15) is 26.3 Å². The number of hydrogen-bond acceptors (Lipinski definition) is 8. The largest absolute Gasteiger partial charge is 0.496 e. The fourth-order valence-electron chi connectivity index (χ4n) is 3.38. The van der Waals surface area contributed by atoms with E-state index >= 15 is 0 Å². The summed E-state index contributed by atoms with van der Waals surface area (Å²) in [6.45, 7) is 4.34. The second kappa shape index (κ2) is 15.3. The van der Waals surface area contributed by atoms with Gasteiger partial charge < -0.3 is 15.8 Å². The first-order chi connectivity index (χ1) is 15.0. The van der Waals surface area contributed by atoms with Crippen LogP contribution in [0.4, 0.5) is 11.8 Å². The third-order valence-electron chi connectivity index (χ3n) is 4.92. The molecule has 0 bridgehead atoms. The van der Waals surface area contributed by atoms with Gasteiger partial charge in [-0.25, -0.2) is 4.98 Å². The van der Waals surface area contributed by atoms with E-state index in [1.165, 1.54) is 12.8 Å². The molecule has 1 heterocycles. The van der Waals surface area contributed by atoms with Crippen molar-refractivity contribution in [2.24, 2.45) is 0 Å². The number of hydrogen-bond donors (Lipinski definition) is 2. The van der Waals surface area contributed by atoms with E-state index in [1.54, 1.807) is 7.11 Å². The average Bonchev–Trinajstić information content (AvgIpc) is 2.77. The van der Waals surface area contributed by atoms with Crippen molar-refractivity contribution in [3.05, 3.63) is 41.1 Å². The number of rotatable bonds is 12. The normalized spacial score (nSPS) is 11.1. The number of benzene rings is 1. The number of nitrogens with zero attached hydrogens (tertiary/aromatic N) is 2. The number of aromatic nitrogens is 2. The molecular weight excluding hydrogens is 412 g/mol. The van der Waals surface area contributed by atoms with Gasteiger partial charge in [0, 0.05) is 18.0 Å². The number of methoxy groups -OCH3 is 1. The number of thioether (sulfide) groups is 1. The molecule has 0 saturated carbocycles. The van der Waals surface area contributed by atoms with Gasteiger partial charge in [-0.15, -0.1) is 0 Å². The first-order valence-electron chi connectivity index (χ1n) is 10.6. The van der Waals surface area contributed by atoms with Crippen LogP contribution in [0.1, 0.15) is 56.4 Å². The van der Waals surface area contributed by atoms with Gasteiger partial charge in [0.25, 0.3) is 0 Å². The maximum Gasteiger partial charge on any atom is 0.373 e. The minimum Gasteiger partial charge on any atom is -0.496 e. The summed E-state index contributed by atoms with van der Waals surface area (Å²) in [5.41, 5.74) is 9.29. The first kappa shape index (κ1) is 26.5. The zero-order chi connectivity index (χ0) is 23.1. The van der Waals surface area contributed by atoms with E-state index in [0.717, 1.165) is 59.8 Å². The summed E-state index contributed by atoms with van der Waals surface area (Å²) in [5, 5.41) is 3.71. The van der Waals surface area contributed by atoms with Gasteiger partial charge in [0.1, 0.15) is 11.6 Å². The standard InChI is InChI=1S/C22H34N4OS.CO2/c1-5-7-11-17(13-14-28-4)24-21-18(19(6-2)25-22(23)26-21)15-16-10-8-9-12-20(16)27-3;2-1-3/h8-10,12,17H,5-7,11,13-15H2,1-4H3,(H3,23,24,25,26);/t17-;/m0./s1. The van der Waals surface area contributed by atoms with Crippen LogP contribution in [0, 0.1) is 0 Å². The molecule has 0 unspecified atom stereocenters. The Morgan fingerprint density at radius 2 is 1.90 bits per heavy atom. The topological polar surface area (TPSA) is 107 Å². The lowest BCUT2D eigenvalue weighted by molar-refractivity contribution is -0.191. The Morgan fingerprint density at radius 3 is 2.52 bits per heavy atom. The molecule has 3 N–H and O–H groups in total. The van der Waals surface area contributed by atoms with Crippen molar-refractivity contribution in [1.29, 1.82) is 0 Å². The molecule has 0 aliphatic rings. The van der Waals surface area contributed by atoms with Gasteiger partial charge in [0.2, 0.25) is 5.95 Å². The molecule has 0 saturated heterocycles. The first-order valence-corrected chi connectivity index (χ1v) is 12.0. The van der Waals surface area contributed by atoms with Crippen molar-refractivity contribution < 1.29 is 14.3 Å². The SMILES string of the molecule is CCCC[C@@H](CCSC)Nc1nc(N)nc(CC)c1Cc1ccccc1OC.O=C=O. The molecule has 0 amide bonds. The lowest BCUT2D eigenvalue weighted by atomic mass is 10.0. The number of carbonyl (C=O) groups excluding carboxylic acids is 2. The molecule has 1 atom stereocenters. The Bertz CT molecular complexity index is 818. The molecule has 7 nitrogen and oxygen atoms in total. The van der Waals surface area contributed by atoms with Crippen LogP contribution in [0.2, 0.25) is 0 Å². The Balaban J connectivity index is 0.00000151. The summed E-state index contributed by atoms with van der Waals surface area (Å²) in [4.78, 5) is 25.4. The van der Waals surface area contributed by atoms with Crippen LogP contribution in [0.5, 0.6) is 5.75 Å². The quantitative estimate of drug-likeness (QED) is 0.495. The average molecular weight is 447 g/mol. The molecule has 0 aliphatic heterocycles. The third kappa shape index (κ3) is 8.99. The molecular formula is C23H34N4O3S. The highest BCUT2D eigenvalue weighted by molar-refractivity contribution is 7.98. The number of para-hydroxylation sites is 1. The smallest absolute Gasteiger partial charge is 0.373 e. The van der Waals surface area contributed by atoms with Crippen LogP contribution in [0.15, 0.2) is 24.3 Å². The third-order valence-corrected chi connectivity index (χ3v) is 5.57. The van der Waals surface area contributed by atoms with Gasteiger partial charge in [-0.05, 0) is 42.9 Å². The lowest BCUT2D eigenvalue weighted by Gasteiger charge is -2.22. The summed E-state index contributed by atoms with van der Waals surface area (Å²) in [5.74, 6) is 3.22. The van der Waals surface area contributed by atoms with Crippen molar-refractivity contribution in [2.75, 3.05) is 30.2 Å². The van der Waals surface area contributed by atoms with Crippen LogP contribution in [-0.4, -0.2) is 41.3 Å². The van der Waals surface area contributed by atoms with Crippen molar-refractivity contribution in [2.45, 2.75) is 58.4 Å². The van der Waals surface area contributed by atoms with Crippen LogP contribution in [0.3, 0.4) is 0 Å². The highest BCUT2D eigenvalue weighted by Gasteiger charge is 2.18. The van der Waals surface area contributed by atoms with Crippen LogP contribution < -0.4 is 15.8 Å². The monoisotopic (exact) mass is 446 g/mol. The predicted octanol–water partition coefficient (Wildman–Crippen LogP) is 4.36. The van der Waals surface area contributed by atoms with E-state index in [4.69, 9.17) is 20.1 Å². The van der Waals surface area contributed by atoms with Crippen molar-refractivity contribution in [3.8, 4) is 5.75 Å². The van der Waals surface area contributed by atoms with Crippen LogP contribution in [0.25, 0.3) is 0 Å². The number of nitrogen functional groups attached to an aromatic ring is 1. The minimum atomic E-state index is 0.250. The predicted molar refractivity (Wildman–Crippen MR) is 127 cm³/mol. The highest BCUT2D eigenvalue weighted by Crippen LogP contribution is 2.28. The second-order valence-corrected chi connectivity index (χ2v) is 8.03. The fourth-order valence-corrected chi connectivity index (χ4v) is 3.90. The Hall–Kier alpha value is -2.57. The molecule has 2 aromatic rings. The van der Waals surface area contributed by atoms with Crippen molar-refractivity contribution in [1.82, 2.24) is 9.97 Å². The number of nitrogens with two attached hydrogens (primary N) is 1. The maximum atomic E-state index is 8.12. The Labute approximate surface area is 189 Å². The van der Waals surface area contributed by atoms with Gasteiger partial charge in [-0.3, -0.25) is 0 Å². The van der Waals surface area contributed by atoms with E-state index in [2.05, 4.69) is 41.5 Å². The van der Waals surface area contributed by atoms with E-state index < -0.39 is 0 Å². The van der Waals surface area contributed by atoms with E-state index in [9.17, 15) is 0 Å². The zero-order valence-electron chi connectivity index (χ0n) is 18.9. The Kier molecular flexibility index (Phi) is 13.0. The molecule has 2 rings (SSSR count). The molecule has 1 aromatic heterocycles. The Morgan fingerprint density at radius 1 is 1.19 bits per heavy atom. The molecule has 31 heavy (non-hydrogen) atoms. The molecule has 0 fully saturated rings. The van der Waals surface area contributed by atoms with E-state index in [0.29, 0.717) is 12.0 Å². The van der Waals surface area contributed by atoms with Gasteiger partial charge in [0.15, 0.2) is 0 Å². The number of ether oxygens (including phenoxy) is 1. The molecule has 0 radical (unpaired) electrons. The molecule has 170 valence electrons. The number of nitrogens with one attached hydrogen (secondary N) is 1. The van der Waals surface area contributed by atoms with Crippen molar-refractivity contribution in [3.63, 3.8) is 0 Å². The van der Waals surface area contributed by atoms with E-state index in [1.807, 2.05) is 30.0 Å². The summed E-state index contributed by atoms with van der Waals surface area (Å²) in [6, 6.07) is 8.51. The zero-order valence-corrected chi connectivity index (χ0v) is 19.8. The molecule has 1 aromatic carbocycles.